The van der Waals surface area contributed by atoms with Crippen molar-refractivity contribution in [2.24, 2.45) is 5.92 Å². The summed E-state index contributed by atoms with van der Waals surface area (Å²) in [6, 6.07) is 6.19. The number of amides is 2. The topological polar surface area (TPSA) is 74.8 Å². The molecule has 28 heavy (non-hydrogen) atoms. The van der Waals surface area contributed by atoms with Gasteiger partial charge < -0.3 is 15.0 Å². The summed E-state index contributed by atoms with van der Waals surface area (Å²) in [5, 5.41) is 3.04. The van der Waals surface area contributed by atoms with Gasteiger partial charge in [-0.15, -0.1) is 0 Å². The van der Waals surface area contributed by atoms with Crippen LogP contribution < -0.4 is 5.32 Å². The first-order valence-electron chi connectivity index (χ1n) is 10.4. The molecule has 0 aliphatic carbocycles. The van der Waals surface area contributed by atoms with Crippen LogP contribution in [0.5, 0.6) is 0 Å². The highest BCUT2D eigenvalue weighted by Crippen LogP contribution is 2.24. The Labute approximate surface area is 167 Å². The minimum atomic E-state index is 0.0371. The first kappa shape index (κ1) is 20.7. The zero-order chi connectivity index (χ0) is 19.8. The fourth-order valence-electron chi connectivity index (χ4n) is 4.14. The average Bonchev–Trinajstić information content (AvgIpc) is 2.76. The van der Waals surface area contributed by atoms with Crippen molar-refractivity contribution in [2.75, 3.05) is 39.4 Å². The molecule has 2 saturated heterocycles. The number of pyridine rings is 1. The Morgan fingerprint density at radius 1 is 1.21 bits per heavy atom. The first-order chi connectivity index (χ1) is 13.7. The van der Waals surface area contributed by atoms with Crippen LogP contribution in [-0.4, -0.2) is 72.0 Å². The van der Waals surface area contributed by atoms with Gasteiger partial charge in [-0.3, -0.25) is 19.5 Å². The van der Waals surface area contributed by atoms with Gasteiger partial charge in [0.05, 0.1) is 18.2 Å². The van der Waals surface area contributed by atoms with E-state index in [0.29, 0.717) is 19.2 Å². The van der Waals surface area contributed by atoms with Crippen LogP contribution in [-0.2, 0) is 20.9 Å². The normalized spacial score (nSPS) is 21.5. The molecule has 0 radical (unpaired) electrons. The number of likely N-dealkylation sites (tertiary alicyclic amines) is 2. The SMILES string of the molecule is CCOCC(=O)N1CCC(N2CCC[C@@H](C(=O)NCc3ccccn3)C2)CC1. The summed E-state index contributed by atoms with van der Waals surface area (Å²) in [5.41, 5.74) is 0.882. The van der Waals surface area contributed by atoms with Gasteiger partial charge in [0.15, 0.2) is 0 Å². The van der Waals surface area contributed by atoms with Gasteiger partial charge in [-0.1, -0.05) is 6.07 Å². The van der Waals surface area contributed by atoms with Gasteiger partial charge in [-0.2, -0.15) is 0 Å². The number of piperidine rings is 2. The van der Waals surface area contributed by atoms with E-state index in [2.05, 4.69) is 15.2 Å². The Morgan fingerprint density at radius 3 is 2.75 bits per heavy atom. The number of rotatable bonds is 7. The maximum absolute atomic E-state index is 12.6. The van der Waals surface area contributed by atoms with Gasteiger partial charge >= 0.3 is 0 Å². The van der Waals surface area contributed by atoms with E-state index in [1.165, 1.54) is 0 Å². The monoisotopic (exact) mass is 388 g/mol. The molecule has 1 aromatic heterocycles. The number of aromatic nitrogens is 1. The fourth-order valence-corrected chi connectivity index (χ4v) is 4.14. The van der Waals surface area contributed by atoms with E-state index in [-0.39, 0.29) is 24.3 Å². The lowest BCUT2D eigenvalue weighted by Gasteiger charge is -2.42. The predicted molar refractivity (Wildman–Crippen MR) is 106 cm³/mol. The Balaban J connectivity index is 1.43. The van der Waals surface area contributed by atoms with Crippen LogP contribution >= 0.6 is 0 Å². The lowest BCUT2D eigenvalue weighted by Crippen LogP contribution is -2.51. The molecule has 7 heteroatoms. The highest BCUT2D eigenvalue weighted by atomic mass is 16.5. The van der Waals surface area contributed by atoms with Crippen LogP contribution in [0.2, 0.25) is 0 Å². The lowest BCUT2D eigenvalue weighted by molar-refractivity contribution is -0.137. The van der Waals surface area contributed by atoms with E-state index in [1.54, 1.807) is 6.20 Å². The summed E-state index contributed by atoms with van der Waals surface area (Å²) in [4.78, 5) is 33.3. The molecule has 2 amide bonds. The van der Waals surface area contributed by atoms with Gasteiger partial charge in [0.1, 0.15) is 6.61 Å². The van der Waals surface area contributed by atoms with E-state index >= 15 is 0 Å². The van der Waals surface area contributed by atoms with Crippen molar-refractivity contribution in [3.05, 3.63) is 30.1 Å². The molecular formula is C21H32N4O3. The van der Waals surface area contributed by atoms with E-state index in [1.807, 2.05) is 30.0 Å². The molecule has 3 heterocycles. The predicted octanol–water partition coefficient (Wildman–Crippen LogP) is 1.44. The molecule has 2 fully saturated rings. The van der Waals surface area contributed by atoms with Crippen LogP contribution in [0.4, 0.5) is 0 Å². The molecule has 7 nitrogen and oxygen atoms in total. The van der Waals surface area contributed by atoms with E-state index in [9.17, 15) is 9.59 Å². The molecule has 0 spiro atoms. The zero-order valence-electron chi connectivity index (χ0n) is 16.8. The molecule has 154 valence electrons. The molecule has 1 N–H and O–H groups in total. The molecule has 0 saturated carbocycles. The Hall–Kier alpha value is -1.99. The molecule has 0 unspecified atom stereocenters. The second kappa shape index (κ2) is 10.5. The Bertz CT molecular complexity index is 632. The zero-order valence-corrected chi connectivity index (χ0v) is 16.8. The maximum Gasteiger partial charge on any atom is 0.248 e. The number of carbonyl (C=O) groups is 2. The van der Waals surface area contributed by atoms with Crippen LogP contribution in [0.1, 0.15) is 38.3 Å². The minimum absolute atomic E-state index is 0.0371. The summed E-state index contributed by atoms with van der Waals surface area (Å²) in [5.74, 6) is 0.250. The summed E-state index contributed by atoms with van der Waals surface area (Å²) >= 11 is 0. The smallest absolute Gasteiger partial charge is 0.248 e. The Morgan fingerprint density at radius 2 is 2.04 bits per heavy atom. The summed E-state index contributed by atoms with van der Waals surface area (Å²) in [7, 11) is 0. The molecule has 0 aromatic carbocycles. The summed E-state index contributed by atoms with van der Waals surface area (Å²) in [6.07, 6.45) is 5.68. The van der Waals surface area contributed by atoms with Crippen LogP contribution in [0.25, 0.3) is 0 Å². The standard InChI is InChI=1S/C21H32N4O3/c1-2-28-16-20(26)24-12-8-19(9-13-24)25-11-5-6-17(15-25)21(27)23-14-18-7-3-4-10-22-18/h3-4,7,10,17,19H,2,5-6,8-9,11-16H2,1H3,(H,23,27)/t17-/m1/s1. The van der Waals surface area contributed by atoms with E-state index in [4.69, 9.17) is 4.74 Å². The third-order valence-corrected chi connectivity index (χ3v) is 5.76. The van der Waals surface area contributed by atoms with Crippen molar-refractivity contribution in [1.82, 2.24) is 20.1 Å². The molecular weight excluding hydrogens is 356 g/mol. The number of hydrogen-bond donors (Lipinski definition) is 1. The second-order valence-electron chi connectivity index (χ2n) is 7.62. The number of ether oxygens (including phenoxy) is 1. The van der Waals surface area contributed by atoms with Crippen molar-refractivity contribution < 1.29 is 14.3 Å². The summed E-state index contributed by atoms with van der Waals surface area (Å²) in [6.45, 7) is 6.55. The number of carbonyl (C=O) groups excluding carboxylic acids is 2. The number of nitrogens with one attached hydrogen (secondary N) is 1. The highest BCUT2D eigenvalue weighted by molar-refractivity contribution is 5.79. The van der Waals surface area contributed by atoms with Crippen molar-refractivity contribution in [2.45, 2.75) is 45.2 Å². The molecule has 1 atom stereocenters. The van der Waals surface area contributed by atoms with E-state index < -0.39 is 0 Å². The third-order valence-electron chi connectivity index (χ3n) is 5.76. The average molecular weight is 389 g/mol. The van der Waals surface area contributed by atoms with Crippen molar-refractivity contribution in [3.8, 4) is 0 Å². The number of nitrogens with zero attached hydrogens (tertiary/aromatic N) is 3. The van der Waals surface area contributed by atoms with Crippen molar-refractivity contribution in [1.29, 1.82) is 0 Å². The quantitative estimate of drug-likeness (QED) is 0.765. The Kier molecular flexibility index (Phi) is 7.80. The minimum Gasteiger partial charge on any atom is -0.372 e. The van der Waals surface area contributed by atoms with Gasteiger partial charge in [0.25, 0.3) is 0 Å². The van der Waals surface area contributed by atoms with Crippen molar-refractivity contribution >= 4 is 11.8 Å². The lowest BCUT2D eigenvalue weighted by atomic mass is 9.93. The fraction of sp³-hybridized carbons (Fsp3) is 0.667. The molecule has 2 aliphatic heterocycles. The largest absolute Gasteiger partial charge is 0.372 e. The summed E-state index contributed by atoms with van der Waals surface area (Å²) < 4.78 is 5.24. The molecule has 1 aromatic rings. The van der Waals surface area contributed by atoms with Crippen LogP contribution in [0, 0.1) is 5.92 Å². The van der Waals surface area contributed by atoms with Crippen LogP contribution in [0.15, 0.2) is 24.4 Å². The van der Waals surface area contributed by atoms with Crippen LogP contribution in [0.3, 0.4) is 0 Å². The van der Waals surface area contributed by atoms with Gasteiger partial charge in [0, 0.05) is 38.5 Å². The van der Waals surface area contributed by atoms with Gasteiger partial charge in [-0.05, 0) is 51.3 Å². The molecule has 0 bridgehead atoms. The number of hydrogen-bond acceptors (Lipinski definition) is 5. The van der Waals surface area contributed by atoms with Gasteiger partial charge in [0.2, 0.25) is 11.8 Å². The molecule has 2 aliphatic rings. The van der Waals surface area contributed by atoms with Gasteiger partial charge in [-0.25, -0.2) is 0 Å². The van der Waals surface area contributed by atoms with Crippen molar-refractivity contribution in [3.63, 3.8) is 0 Å². The maximum atomic E-state index is 12.6. The van der Waals surface area contributed by atoms with E-state index in [0.717, 1.165) is 57.6 Å². The first-order valence-corrected chi connectivity index (χ1v) is 10.4. The third kappa shape index (κ3) is 5.75. The highest BCUT2D eigenvalue weighted by Gasteiger charge is 2.32. The molecule has 3 rings (SSSR count). The second-order valence-corrected chi connectivity index (χ2v) is 7.62.